The van der Waals surface area contributed by atoms with Crippen LogP contribution in [0.4, 0.5) is 5.69 Å². The van der Waals surface area contributed by atoms with Gasteiger partial charge in [-0.1, -0.05) is 17.7 Å². The molecule has 0 aliphatic carbocycles. The summed E-state index contributed by atoms with van der Waals surface area (Å²) in [4.78, 5) is 18.4. The van der Waals surface area contributed by atoms with E-state index in [1.807, 2.05) is 32.0 Å². The average molecular weight is 215 g/mol. The van der Waals surface area contributed by atoms with E-state index in [1.54, 1.807) is 12.4 Å². The molecule has 1 aromatic heterocycles. The molecule has 0 bridgehead atoms. The van der Waals surface area contributed by atoms with Gasteiger partial charge in [-0.15, -0.1) is 0 Å². The molecule has 0 saturated heterocycles. The van der Waals surface area contributed by atoms with Crippen LogP contribution in [0, 0.1) is 13.8 Å². The summed E-state index contributed by atoms with van der Waals surface area (Å²) in [5.41, 5.74) is 3.03. The van der Waals surface area contributed by atoms with Crippen molar-refractivity contribution in [1.29, 1.82) is 0 Å². The highest BCUT2D eigenvalue weighted by Crippen LogP contribution is 2.16. The number of anilines is 1. The number of carbonyl (C=O) groups excluding carboxylic acids is 1. The number of aryl methyl sites for hydroxylation is 2. The number of carbonyl (C=O) groups is 1. The molecule has 0 unspecified atom stereocenters. The van der Waals surface area contributed by atoms with Gasteiger partial charge in [0.1, 0.15) is 0 Å². The molecule has 1 aromatic carbocycles. The maximum atomic E-state index is 11.7. The van der Waals surface area contributed by atoms with Crippen LogP contribution in [0.5, 0.6) is 0 Å². The van der Waals surface area contributed by atoms with Gasteiger partial charge < -0.3 is 10.3 Å². The first-order chi connectivity index (χ1) is 7.66. The normalized spacial score (nSPS) is 10.1. The highest BCUT2D eigenvalue weighted by atomic mass is 16.2. The molecular formula is C12H13N3O. The summed E-state index contributed by atoms with van der Waals surface area (Å²) in [7, 11) is 0. The second kappa shape index (κ2) is 4.18. The highest BCUT2D eigenvalue weighted by molar-refractivity contribution is 6.01. The van der Waals surface area contributed by atoms with Crippen LogP contribution >= 0.6 is 0 Å². The Labute approximate surface area is 93.7 Å². The van der Waals surface area contributed by atoms with Crippen molar-refractivity contribution < 1.29 is 4.79 Å². The molecule has 0 aliphatic rings. The predicted octanol–water partition coefficient (Wildman–Crippen LogP) is 2.28. The first-order valence-corrected chi connectivity index (χ1v) is 5.05. The zero-order valence-corrected chi connectivity index (χ0v) is 9.24. The number of aromatic amines is 1. The average Bonchev–Trinajstić information content (AvgIpc) is 2.75. The molecule has 0 fully saturated rings. The quantitative estimate of drug-likeness (QED) is 0.807. The van der Waals surface area contributed by atoms with Crippen LogP contribution in [0.3, 0.4) is 0 Å². The fraction of sp³-hybridized carbons (Fsp3) is 0.167. The summed E-state index contributed by atoms with van der Waals surface area (Å²) in [5, 5.41) is 2.81. The van der Waals surface area contributed by atoms with Crippen molar-refractivity contribution in [3.05, 3.63) is 47.5 Å². The van der Waals surface area contributed by atoms with Crippen LogP contribution < -0.4 is 5.32 Å². The molecule has 2 rings (SSSR count). The first-order valence-electron chi connectivity index (χ1n) is 5.05. The second-order valence-electron chi connectivity index (χ2n) is 3.71. The molecule has 0 radical (unpaired) electrons. The van der Waals surface area contributed by atoms with Gasteiger partial charge >= 0.3 is 0 Å². The molecular weight excluding hydrogens is 202 g/mol. The molecule has 0 saturated carbocycles. The molecule has 1 heterocycles. The zero-order chi connectivity index (χ0) is 11.5. The third-order valence-corrected chi connectivity index (χ3v) is 2.34. The van der Waals surface area contributed by atoms with Crippen LogP contribution in [0.2, 0.25) is 0 Å². The smallest absolute Gasteiger partial charge is 0.291 e. The minimum Gasteiger partial charge on any atom is -0.341 e. The van der Waals surface area contributed by atoms with Crippen LogP contribution in [0.1, 0.15) is 21.7 Å². The summed E-state index contributed by atoms with van der Waals surface area (Å²) in [5.74, 6) is 0.0944. The Bertz CT molecular complexity index is 503. The predicted molar refractivity (Wildman–Crippen MR) is 62.5 cm³/mol. The van der Waals surface area contributed by atoms with Crippen molar-refractivity contribution in [3.63, 3.8) is 0 Å². The number of benzene rings is 1. The van der Waals surface area contributed by atoms with E-state index in [4.69, 9.17) is 0 Å². The van der Waals surface area contributed by atoms with Gasteiger partial charge in [0, 0.05) is 18.1 Å². The lowest BCUT2D eigenvalue weighted by Gasteiger charge is -2.07. The van der Waals surface area contributed by atoms with Crippen molar-refractivity contribution in [2.75, 3.05) is 5.32 Å². The molecule has 2 N–H and O–H groups in total. The summed E-state index contributed by atoms with van der Waals surface area (Å²) >= 11 is 0. The summed E-state index contributed by atoms with van der Waals surface area (Å²) < 4.78 is 0. The molecule has 1 amide bonds. The third kappa shape index (κ3) is 2.11. The number of nitrogens with one attached hydrogen (secondary N) is 2. The van der Waals surface area contributed by atoms with E-state index >= 15 is 0 Å². The van der Waals surface area contributed by atoms with Crippen molar-refractivity contribution >= 4 is 11.6 Å². The van der Waals surface area contributed by atoms with Crippen molar-refractivity contribution in [2.24, 2.45) is 0 Å². The molecule has 82 valence electrons. The Morgan fingerprint density at radius 1 is 1.38 bits per heavy atom. The lowest BCUT2D eigenvalue weighted by atomic mass is 10.1. The van der Waals surface area contributed by atoms with Crippen LogP contribution in [0.15, 0.2) is 30.6 Å². The summed E-state index contributed by atoms with van der Waals surface area (Å²) in [6.45, 7) is 3.98. The van der Waals surface area contributed by atoms with Gasteiger partial charge in [-0.2, -0.15) is 0 Å². The Balaban J connectivity index is 2.18. The van der Waals surface area contributed by atoms with E-state index in [-0.39, 0.29) is 5.91 Å². The van der Waals surface area contributed by atoms with E-state index in [9.17, 15) is 4.79 Å². The van der Waals surface area contributed by atoms with Gasteiger partial charge in [-0.3, -0.25) is 4.79 Å². The van der Waals surface area contributed by atoms with Gasteiger partial charge in [-0.05, 0) is 25.5 Å². The van der Waals surface area contributed by atoms with E-state index in [0.29, 0.717) is 5.82 Å². The third-order valence-electron chi connectivity index (χ3n) is 2.34. The van der Waals surface area contributed by atoms with Gasteiger partial charge in [0.15, 0.2) is 5.82 Å². The van der Waals surface area contributed by atoms with E-state index < -0.39 is 0 Å². The Morgan fingerprint density at radius 3 is 2.81 bits per heavy atom. The highest BCUT2D eigenvalue weighted by Gasteiger charge is 2.09. The molecule has 0 atom stereocenters. The maximum Gasteiger partial charge on any atom is 0.291 e. The number of amides is 1. The topological polar surface area (TPSA) is 57.8 Å². The van der Waals surface area contributed by atoms with Crippen molar-refractivity contribution in [3.8, 4) is 0 Å². The number of hydrogen-bond donors (Lipinski definition) is 2. The lowest BCUT2D eigenvalue weighted by Crippen LogP contribution is -2.14. The molecule has 4 nitrogen and oxygen atoms in total. The second-order valence-corrected chi connectivity index (χ2v) is 3.71. The van der Waals surface area contributed by atoms with Crippen LogP contribution in [-0.4, -0.2) is 15.9 Å². The molecule has 0 aliphatic heterocycles. The summed E-state index contributed by atoms with van der Waals surface area (Å²) in [6, 6.07) is 5.88. The Hall–Kier alpha value is -2.10. The van der Waals surface area contributed by atoms with Crippen molar-refractivity contribution in [1.82, 2.24) is 9.97 Å². The molecule has 2 aromatic rings. The molecule has 0 spiro atoms. The molecule has 4 heteroatoms. The number of imidazole rings is 1. The molecule has 16 heavy (non-hydrogen) atoms. The van der Waals surface area contributed by atoms with E-state index in [0.717, 1.165) is 11.3 Å². The standard InChI is InChI=1S/C12H13N3O/c1-8-3-4-10(9(2)7-8)15-12(16)11-13-5-6-14-11/h3-7H,1-2H3,(H,13,14)(H,15,16). The number of rotatable bonds is 2. The monoisotopic (exact) mass is 215 g/mol. The Morgan fingerprint density at radius 2 is 2.19 bits per heavy atom. The fourth-order valence-corrected chi connectivity index (χ4v) is 1.52. The van der Waals surface area contributed by atoms with Gasteiger partial charge in [0.25, 0.3) is 5.91 Å². The van der Waals surface area contributed by atoms with Crippen molar-refractivity contribution in [2.45, 2.75) is 13.8 Å². The van der Waals surface area contributed by atoms with E-state index in [1.165, 1.54) is 5.56 Å². The van der Waals surface area contributed by atoms with Gasteiger partial charge in [0.05, 0.1) is 0 Å². The SMILES string of the molecule is Cc1ccc(NC(=O)c2ncc[nH]2)c(C)c1. The zero-order valence-electron chi connectivity index (χ0n) is 9.24. The van der Waals surface area contributed by atoms with Gasteiger partial charge in [-0.25, -0.2) is 4.98 Å². The van der Waals surface area contributed by atoms with Crippen LogP contribution in [0.25, 0.3) is 0 Å². The number of aromatic nitrogens is 2. The summed E-state index contributed by atoms with van der Waals surface area (Å²) in [6.07, 6.45) is 3.17. The van der Waals surface area contributed by atoms with E-state index in [2.05, 4.69) is 15.3 Å². The number of nitrogens with zero attached hydrogens (tertiary/aromatic N) is 1. The van der Waals surface area contributed by atoms with Crippen LogP contribution in [-0.2, 0) is 0 Å². The first kappa shape index (κ1) is 10.4. The lowest BCUT2D eigenvalue weighted by molar-refractivity contribution is 0.101. The minimum atomic E-state index is -0.225. The largest absolute Gasteiger partial charge is 0.341 e. The number of H-pyrrole nitrogens is 1. The number of hydrogen-bond acceptors (Lipinski definition) is 2. The minimum absolute atomic E-state index is 0.225. The Kier molecular flexibility index (Phi) is 2.72. The maximum absolute atomic E-state index is 11.7. The fourth-order valence-electron chi connectivity index (χ4n) is 1.52. The van der Waals surface area contributed by atoms with Gasteiger partial charge in [0.2, 0.25) is 0 Å².